The molecule has 0 unspecified atom stereocenters. The fourth-order valence-electron chi connectivity index (χ4n) is 1.36. The van der Waals surface area contributed by atoms with Crippen molar-refractivity contribution in [3.63, 3.8) is 0 Å². The van der Waals surface area contributed by atoms with Crippen molar-refractivity contribution in [2.24, 2.45) is 0 Å². The molecule has 0 aliphatic carbocycles. The van der Waals surface area contributed by atoms with Gasteiger partial charge in [-0.1, -0.05) is 31.5 Å². The Hall–Kier alpha value is -1.09. The van der Waals surface area contributed by atoms with Crippen molar-refractivity contribution >= 4 is 17.5 Å². The van der Waals surface area contributed by atoms with Gasteiger partial charge in [0.05, 0.1) is 5.02 Å². The minimum atomic E-state index is -0.430. The van der Waals surface area contributed by atoms with Gasteiger partial charge < -0.3 is 5.32 Å². The number of amides is 1. The lowest BCUT2D eigenvalue weighted by Gasteiger charge is -2.25. The number of hydrogen-bond donors (Lipinski definition) is 1. The Labute approximate surface area is 99.8 Å². The highest BCUT2D eigenvalue weighted by atomic mass is 35.5. The van der Waals surface area contributed by atoms with Gasteiger partial charge in [0.15, 0.2) is 0 Å². The van der Waals surface area contributed by atoms with Gasteiger partial charge in [-0.3, -0.25) is 4.79 Å². The second kappa shape index (κ2) is 4.83. The highest BCUT2D eigenvalue weighted by Crippen LogP contribution is 2.26. The SMILES string of the molecule is CC(=O)NCC(C)(C)c1ccc(F)c(Cl)c1. The van der Waals surface area contributed by atoms with Gasteiger partial charge in [-0.15, -0.1) is 0 Å². The van der Waals surface area contributed by atoms with Crippen molar-refractivity contribution < 1.29 is 9.18 Å². The maximum Gasteiger partial charge on any atom is 0.216 e. The van der Waals surface area contributed by atoms with Crippen molar-refractivity contribution in [1.29, 1.82) is 0 Å². The fourth-order valence-corrected chi connectivity index (χ4v) is 1.55. The minimum Gasteiger partial charge on any atom is -0.355 e. The lowest BCUT2D eigenvalue weighted by molar-refractivity contribution is -0.119. The molecule has 2 nitrogen and oxygen atoms in total. The summed E-state index contributed by atoms with van der Waals surface area (Å²) in [5.41, 5.74) is 0.621. The molecule has 1 amide bonds. The highest BCUT2D eigenvalue weighted by Gasteiger charge is 2.21. The zero-order valence-electron chi connectivity index (χ0n) is 9.60. The van der Waals surface area contributed by atoms with Crippen LogP contribution < -0.4 is 5.32 Å². The van der Waals surface area contributed by atoms with Gasteiger partial charge in [0, 0.05) is 18.9 Å². The molecule has 1 rings (SSSR count). The summed E-state index contributed by atoms with van der Waals surface area (Å²) in [5.74, 6) is -0.512. The Morgan fingerprint density at radius 2 is 2.12 bits per heavy atom. The first-order valence-electron chi connectivity index (χ1n) is 5.03. The van der Waals surface area contributed by atoms with Crippen LogP contribution in [0.4, 0.5) is 4.39 Å². The first-order chi connectivity index (χ1) is 7.33. The van der Waals surface area contributed by atoms with Crippen LogP contribution in [-0.2, 0) is 10.2 Å². The summed E-state index contributed by atoms with van der Waals surface area (Å²) >= 11 is 5.72. The fraction of sp³-hybridized carbons (Fsp3) is 0.417. The third kappa shape index (κ3) is 3.20. The number of halogens is 2. The highest BCUT2D eigenvalue weighted by molar-refractivity contribution is 6.30. The Morgan fingerprint density at radius 3 is 2.62 bits per heavy atom. The van der Waals surface area contributed by atoms with Crippen LogP contribution in [0, 0.1) is 5.82 Å². The van der Waals surface area contributed by atoms with E-state index in [0.29, 0.717) is 6.54 Å². The Bertz CT molecular complexity index is 404. The van der Waals surface area contributed by atoms with E-state index >= 15 is 0 Å². The van der Waals surface area contributed by atoms with E-state index in [9.17, 15) is 9.18 Å². The summed E-state index contributed by atoms with van der Waals surface area (Å²) in [5, 5.41) is 2.85. The molecule has 0 saturated carbocycles. The standard InChI is InChI=1S/C12H15ClFNO/c1-8(16)15-7-12(2,3)9-4-5-11(14)10(13)6-9/h4-6H,7H2,1-3H3,(H,15,16). The van der Waals surface area contributed by atoms with Crippen molar-refractivity contribution in [3.05, 3.63) is 34.6 Å². The second-order valence-electron chi connectivity index (χ2n) is 4.42. The monoisotopic (exact) mass is 243 g/mol. The van der Waals surface area contributed by atoms with Gasteiger partial charge in [-0.25, -0.2) is 4.39 Å². The van der Waals surface area contributed by atoms with Crippen molar-refractivity contribution in [2.45, 2.75) is 26.2 Å². The average Bonchev–Trinajstić information content (AvgIpc) is 2.19. The van der Waals surface area contributed by atoms with E-state index in [-0.39, 0.29) is 16.3 Å². The van der Waals surface area contributed by atoms with Crippen LogP contribution in [0.15, 0.2) is 18.2 Å². The summed E-state index contributed by atoms with van der Waals surface area (Å²) in [4.78, 5) is 10.8. The van der Waals surface area contributed by atoms with Gasteiger partial charge in [-0.2, -0.15) is 0 Å². The van der Waals surface area contributed by atoms with E-state index in [1.54, 1.807) is 12.1 Å². The maximum absolute atomic E-state index is 13.0. The largest absolute Gasteiger partial charge is 0.355 e. The Balaban J connectivity index is 2.88. The van der Waals surface area contributed by atoms with E-state index in [1.165, 1.54) is 13.0 Å². The van der Waals surface area contributed by atoms with Gasteiger partial charge >= 0.3 is 0 Å². The molecule has 0 saturated heterocycles. The molecule has 0 atom stereocenters. The van der Waals surface area contributed by atoms with Crippen LogP contribution >= 0.6 is 11.6 Å². The van der Waals surface area contributed by atoms with E-state index in [1.807, 2.05) is 13.8 Å². The quantitative estimate of drug-likeness (QED) is 0.869. The molecule has 0 aromatic heterocycles. The Morgan fingerprint density at radius 1 is 1.50 bits per heavy atom. The summed E-state index contributed by atoms with van der Waals surface area (Å²) in [7, 11) is 0. The van der Waals surface area contributed by atoms with Gasteiger partial charge in [0.1, 0.15) is 5.82 Å². The molecular weight excluding hydrogens is 229 g/mol. The molecule has 0 heterocycles. The molecule has 0 fully saturated rings. The second-order valence-corrected chi connectivity index (χ2v) is 4.83. The number of nitrogens with one attached hydrogen (secondary N) is 1. The number of carbonyl (C=O) groups excluding carboxylic acids is 1. The Kier molecular flexibility index (Phi) is 3.92. The zero-order valence-corrected chi connectivity index (χ0v) is 10.4. The molecule has 1 aromatic rings. The molecular formula is C12H15ClFNO. The van der Waals surface area contributed by atoms with Crippen LogP contribution in [0.3, 0.4) is 0 Å². The first-order valence-corrected chi connectivity index (χ1v) is 5.41. The number of hydrogen-bond acceptors (Lipinski definition) is 1. The van der Waals surface area contributed by atoms with Crippen LogP contribution in [0.25, 0.3) is 0 Å². The molecule has 0 aliphatic rings. The van der Waals surface area contributed by atoms with Crippen molar-refractivity contribution in [3.8, 4) is 0 Å². The predicted octanol–water partition coefficient (Wildman–Crippen LogP) is 2.89. The summed E-state index contributed by atoms with van der Waals surface area (Å²) in [6, 6.07) is 4.62. The maximum atomic E-state index is 13.0. The van der Waals surface area contributed by atoms with E-state index in [4.69, 9.17) is 11.6 Å². The van der Waals surface area contributed by atoms with Crippen LogP contribution in [0.2, 0.25) is 5.02 Å². The van der Waals surface area contributed by atoms with Crippen LogP contribution in [0.5, 0.6) is 0 Å². The molecule has 1 N–H and O–H groups in total. The lowest BCUT2D eigenvalue weighted by atomic mass is 9.84. The van der Waals surface area contributed by atoms with E-state index in [0.717, 1.165) is 5.56 Å². The topological polar surface area (TPSA) is 29.1 Å². The molecule has 4 heteroatoms. The number of carbonyl (C=O) groups is 1. The van der Waals surface area contributed by atoms with Crippen LogP contribution in [0.1, 0.15) is 26.3 Å². The van der Waals surface area contributed by atoms with E-state index in [2.05, 4.69) is 5.32 Å². The molecule has 88 valence electrons. The van der Waals surface area contributed by atoms with Crippen molar-refractivity contribution in [2.75, 3.05) is 6.54 Å². The molecule has 1 aromatic carbocycles. The van der Waals surface area contributed by atoms with Gasteiger partial charge in [-0.05, 0) is 17.7 Å². The number of rotatable bonds is 3. The molecule has 0 aliphatic heterocycles. The van der Waals surface area contributed by atoms with Crippen LogP contribution in [-0.4, -0.2) is 12.5 Å². The first kappa shape index (κ1) is 13.0. The summed E-state index contributed by atoms with van der Waals surface area (Å²) in [6.07, 6.45) is 0. The van der Waals surface area contributed by atoms with E-state index < -0.39 is 5.82 Å². The normalized spacial score (nSPS) is 11.3. The van der Waals surface area contributed by atoms with Gasteiger partial charge in [0.2, 0.25) is 5.91 Å². The lowest BCUT2D eigenvalue weighted by Crippen LogP contribution is -2.35. The smallest absolute Gasteiger partial charge is 0.216 e. The minimum absolute atomic E-state index is 0.0821. The van der Waals surface area contributed by atoms with Gasteiger partial charge in [0.25, 0.3) is 0 Å². The summed E-state index contributed by atoms with van der Waals surface area (Å²) in [6.45, 7) is 5.89. The predicted molar refractivity (Wildman–Crippen MR) is 63.1 cm³/mol. The molecule has 0 bridgehead atoms. The molecule has 0 spiro atoms. The zero-order chi connectivity index (χ0) is 12.3. The third-order valence-electron chi connectivity index (χ3n) is 2.48. The molecule has 16 heavy (non-hydrogen) atoms. The third-order valence-corrected chi connectivity index (χ3v) is 2.77. The van der Waals surface area contributed by atoms with Crippen molar-refractivity contribution in [1.82, 2.24) is 5.32 Å². The molecule has 0 radical (unpaired) electrons. The number of benzene rings is 1. The summed E-state index contributed by atoms with van der Waals surface area (Å²) < 4.78 is 13.0. The average molecular weight is 244 g/mol.